The molecule has 6 nitrogen and oxygen atoms in total. The summed E-state index contributed by atoms with van der Waals surface area (Å²) >= 11 is 1.60. The summed E-state index contributed by atoms with van der Waals surface area (Å²) in [6, 6.07) is 9.50. The van der Waals surface area contributed by atoms with Gasteiger partial charge in [0.05, 0.1) is 6.54 Å². The second kappa shape index (κ2) is 6.62. The highest BCUT2D eigenvalue weighted by molar-refractivity contribution is 7.13. The zero-order chi connectivity index (χ0) is 16.2. The van der Waals surface area contributed by atoms with Crippen LogP contribution in [0.2, 0.25) is 0 Å². The van der Waals surface area contributed by atoms with Crippen LogP contribution < -0.4 is 10.6 Å². The number of amides is 1. The van der Waals surface area contributed by atoms with E-state index >= 15 is 0 Å². The van der Waals surface area contributed by atoms with Crippen LogP contribution in [0, 0.1) is 13.8 Å². The van der Waals surface area contributed by atoms with Gasteiger partial charge >= 0.3 is 0 Å². The van der Waals surface area contributed by atoms with Gasteiger partial charge in [-0.25, -0.2) is 4.98 Å². The Morgan fingerprint density at radius 2 is 2.17 bits per heavy atom. The maximum absolute atomic E-state index is 11.9. The molecule has 3 rings (SSSR count). The molecule has 2 N–H and O–H groups in total. The maximum atomic E-state index is 11.9. The van der Waals surface area contributed by atoms with Crippen molar-refractivity contribution in [3.63, 3.8) is 0 Å². The average Bonchev–Trinajstić information content (AvgIpc) is 3.14. The number of hydrogen-bond donors (Lipinski definition) is 2. The second-order valence-corrected chi connectivity index (χ2v) is 5.96. The molecule has 3 aromatic rings. The van der Waals surface area contributed by atoms with Crippen LogP contribution in [-0.4, -0.2) is 22.6 Å². The van der Waals surface area contributed by atoms with E-state index in [4.69, 9.17) is 4.52 Å². The van der Waals surface area contributed by atoms with Crippen LogP contribution in [-0.2, 0) is 4.79 Å². The number of thiazole rings is 1. The molecule has 23 heavy (non-hydrogen) atoms. The SMILES string of the molecule is Cc1csc(-c2cccc(NCC(=O)Nc3cc(C)on3)c2)n1. The van der Waals surface area contributed by atoms with Crippen molar-refractivity contribution in [1.82, 2.24) is 10.1 Å². The fourth-order valence-electron chi connectivity index (χ4n) is 2.04. The first kappa shape index (κ1) is 15.2. The molecule has 0 saturated heterocycles. The highest BCUT2D eigenvalue weighted by Crippen LogP contribution is 2.25. The number of nitrogens with one attached hydrogen (secondary N) is 2. The zero-order valence-electron chi connectivity index (χ0n) is 12.8. The van der Waals surface area contributed by atoms with Crippen LogP contribution in [0.15, 0.2) is 40.2 Å². The number of hydrogen-bond acceptors (Lipinski definition) is 6. The number of aryl methyl sites for hydroxylation is 2. The number of nitrogens with zero attached hydrogens (tertiary/aromatic N) is 2. The van der Waals surface area contributed by atoms with E-state index in [-0.39, 0.29) is 12.5 Å². The van der Waals surface area contributed by atoms with Crippen molar-refractivity contribution in [1.29, 1.82) is 0 Å². The monoisotopic (exact) mass is 328 g/mol. The molecule has 1 aromatic carbocycles. The molecule has 0 aliphatic heterocycles. The van der Waals surface area contributed by atoms with Crippen molar-refractivity contribution in [2.45, 2.75) is 13.8 Å². The summed E-state index contributed by atoms with van der Waals surface area (Å²) in [5, 5.41) is 12.5. The van der Waals surface area contributed by atoms with Crippen LogP contribution in [0.3, 0.4) is 0 Å². The summed E-state index contributed by atoms with van der Waals surface area (Å²) in [7, 11) is 0. The Bertz CT molecular complexity index is 825. The fourth-order valence-corrected chi connectivity index (χ4v) is 2.84. The third kappa shape index (κ3) is 3.95. The lowest BCUT2D eigenvalue weighted by molar-refractivity contribution is -0.114. The van der Waals surface area contributed by atoms with Crippen molar-refractivity contribution >= 4 is 28.7 Å². The minimum absolute atomic E-state index is 0.145. The average molecular weight is 328 g/mol. The highest BCUT2D eigenvalue weighted by Gasteiger charge is 2.07. The highest BCUT2D eigenvalue weighted by atomic mass is 32.1. The van der Waals surface area contributed by atoms with Gasteiger partial charge in [0, 0.05) is 28.4 Å². The molecule has 0 fully saturated rings. The third-order valence-electron chi connectivity index (χ3n) is 3.08. The number of rotatable bonds is 5. The molecule has 0 atom stereocenters. The largest absolute Gasteiger partial charge is 0.376 e. The Balaban J connectivity index is 1.61. The van der Waals surface area contributed by atoms with Crippen molar-refractivity contribution in [2.75, 3.05) is 17.2 Å². The molecule has 0 aliphatic rings. The van der Waals surface area contributed by atoms with Crippen molar-refractivity contribution < 1.29 is 9.32 Å². The Labute approximate surface area is 137 Å². The molecule has 1 amide bonds. The van der Waals surface area contributed by atoms with E-state index in [0.717, 1.165) is 22.0 Å². The molecule has 118 valence electrons. The van der Waals surface area contributed by atoms with Gasteiger partial charge in [0.25, 0.3) is 0 Å². The first-order chi connectivity index (χ1) is 11.1. The number of anilines is 2. The van der Waals surface area contributed by atoms with E-state index in [0.29, 0.717) is 11.6 Å². The Kier molecular flexibility index (Phi) is 4.38. The number of carbonyl (C=O) groups excluding carboxylic acids is 1. The molecule has 7 heteroatoms. The minimum atomic E-state index is -0.186. The summed E-state index contributed by atoms with van der Waals surface area (Å²) in [5.41, 5.74) is 2.90. The molecule has 0 spiro atoms. The summed E-state index contributed by atoms with van der Waals surface area (Å²) in [4.78, 5) is 16.4. The lowest BCUT2D eigenvalue weighted by atomic mass is 10.2. The van der Waals surface area contributed by atoms with E-state index in [1.165, 1.54) is 0 Å². The Morgan fingerprint density at radius 1 is 1.30 bits per heavy atom. The van der Waals surface area contributed by atoms with Crippen LogP contribution in [0.25, 0.3) is 10.6 Å². The molecular weight excluding hydrogens is 312 g/mol. The summed E-state index contributed by atoms with van der Waals surface area (Å²) in [6.45, 7) is 3.89. The number of aromatic nitrogens is 2. The summed E-state index contributed by atoms with van der Waals surface area (Å²) in [5.74, 6) is 0.884. The van der Waals surface area contributed by atoms with Gasteiger partial charge in [0.2, 0.25) is 5.91 Å². The fraction of sp³-hybridized carbons (Fsp3) is 0.188. The standard InChI is InChI=1S/C16H16N4O2S/c1-10-9-23-16(18-10)12-4-3-5-13(7-12)17-8-15(21)19-14-6-11(2)22-20-14/h3-7,9,17H,8H2,1-2H3,(H,19,20,21). The van der Waals surface area contributed by atoms with E-state index in [2.05, 4.69) is 20.8 Å². The van der Waals surface area contributed by atoms with Gasteiger partial charge in [0.1, 0.15) is 10.8 Å². The molecule has 0 unspecified atom stereocenters. The Hall–Kier alpha value is -2.67. The van der Waals surface area contributed by atoms with E-state index in [1.54, 1.807) is 24.3 Å². The lowest BCUT2D eigenvalue weighted by Gasteiger charge is -2.07. The molecule has 0 aliphatic carbocycles. The summed E-state index contributed by atoms with van der Waals surface area (Å²) < 4.78 is 4.90. The van der Waals surface area contributed by atoms with Crippen LogP contribution in [0.5, 0.6) is 0 Å². The number of benzene rings is 1. The predicted molar refractivity (Wildman–Crippen MR) is 90.6 cm³/mol. The number of carbonyl (C=O) groups is 1. The van der Waals surface area contributed by atoms with E-state index in [1.807, 2.05) is 36.6 Å². The predicted octanol–water partition coefficient (Wildman–Crippen LogP) is 3.47. The molecule has 0 bridgehead atoms. The second-order valence-electron chi connectivity index (χ2n) is 5.10. The molecular formula is C16H16N4O2S. The van der Waals surface area contributed by atoms with Crippen molar-refractivity contribution in [2.24, 2.45) is 0 Å². The van der Waals surface area contributed by atoms with Gasteiger partial charge < -0.3 is 15.2 Å². The normalized spacial score (nSPS) is 10.5. The van der Waals surface area contributed by atoms with Gasteiger partial charge in [-0.3, -0.25) is 4.79 Å². The molecule has 2 aromatic heterocycles. The van der Waals surface area contributed by atoms with Crippen LogP contribution in [0.4, 0.5) is 11.5 Å². The quantitative estimate of drug-likeness (QED) is 0.749. The van der Waals surface area contributed by atoms with Gasteiger partial charge in [0.15, 0.2) is 5.82 Å². The van der Waals surface area contributed by atoms with Crippen molar-refractivity contribution in [3.05, 3.63) is 47.2 Å². The van der Waals surface area contributed by atoms with Gasteiger partial charge in [-0.1, -0.05) is 17.3 Å². The van der Waals surface area contributed by atoms with Gasteiger partial charge in [-0.2, -0.15) is 0 Å². The summed E-state index contributed by atoms with van der Waals surface area (Å²) in [6.07, 6.45) is 0. The third-order valence-corrected chi connectivity index (χ3v) is 4.09. The zero-order valence-corrected chi connectivity index (χ0v) is 13.6. The van der Waals surface area contributed by atoms with Crippen LogP contribution in [0.1, 0.15) is 11.5 Å². The van der Waals surface area contributed by atoms with E-state index in [9.17, 15) is 4.79 Å². The molecule has 0 radical (unpaired) electrons. The molecule has 2 heterocycles. The topological polar surface area (TPSA) is 80.0 Å². The van der Waals surface area contributed by atoms with E-state index < -0.39 is 0 Å². The molecule has 0 saturated carbocycles. The smallest absolute Gasteiger partial charge is 0.244 e. The first-order valence-electron chi connectivity index (χ1n) is 7.10. The maximum Gasteiger partial charge on any atom is 0.244 e. The lowest BCUT2D eigenvalue weighted by Crippen LogP contribution is -2.21. The minimum Gasteiger partial charge on any atom is -0.376 e. The van der Waals surface area contributed by atoms with Crippen LogP contribution >= 0.6 is 11.3 Å². The van der Waals surface area contributed by atoms with Gasteiger partial charge in [-0.15, -0.1) is 11.3 Å². The first-order valence-corrected chi connectivity index (χ1v) is 7.98. The Morgan fingerprint density at radius 3 is 2.87 bits per heavy atom. The van der Waals surface area contributed by atoms with Gasteiger partial charge in [-0.05, 0) is 26.0 Å². The van der Waals surface area contributed by atoms with Crippen molar-refractivity contribution in [3.8, 4) is 10.6 Å².